The summed E-state index contributed by atoms with van der Waals surface area (Å²) >= 11 is 0. The summed E-state index contributed by atoms with van der Waals surface area (Å²) in [6, 6.07) is 11.5. The fourth-order valence-electron chi connectivity index (χ4n) is 2.72. The van der Waals surface area contributed by atoms with Gasteiger partial charge in [0.25, 0.3) is 0 Å². The summed E-state index contributed by atoms with van der Waals surface area (Å²) in [5, 5.41) is 8.34. The van der Waals surface area contributed by atoms with E-state index >= 15 is 0 Å². The normalized spacial score (nSPS) is 10.8. The Hall–Kier alpha value is -5.18. The third-order valence-electron chi connectivity index (χ3n) is 4.62. The van der Waals surface area contributed by atoms with Gasteiger partial charge in [0.1, 0.15) is 31.2 Å². The maximum atomic E-state index is 13.5. The van der Waals surface area contributed by atoms with Crippen LogP contribution in [0.1, 0.15) is 11.1 Å². The highest BCUT2D eigenvalue weighted by atomic mass is 19.1. The van der Waals surface area contributed by atoms with Crippen molar-refractivity contribution in [2.75, 3.05) is 14.1 Å². The second-order valence-electron chi connectivity index (χ2n) is 8.07. The lowest BCUT2D eigenvalue weighted by atomic mass is 10.2. The molecule has 41 heavy (non-hydrogen) atoms. The number of aliphatic imine (C=N–C) groups is 2. The second kappa shape index (κ2) is 15.4. The van der Waals surface area contributed by atoms with Gasteiger partial charge in [-0.1, -0.05) is 24.3 Å². The van der Waals surface area contributed by atoms with Crippen molar-refractivity contribution in [2.24, 2.45) is 9.98 Å². The average molecular weight is 573 g/mol. The van der Waals surface area contributed by atoms with Gasteiger partial charge >= 0.3 is 12.0 Å². The molecular weight excluding hydrogens is 548 g/mol. The van der Waals surface area contributed by atoms with E-state index in [4.69, 9.17) is 14.7 Å². The third kappa shape index (κ3) is 10.5. The first-order valence-corrected chi connectivity index (χ1v) is 11.7. The van der Waals surface area contributed by atoms with Gasteiger partial charge in [0.2, 0.25) is 0 Å². The van der Waals surface area contributed by atoms with Gasteiger partial charge in [0, 0.05) is 14.1 Å². The highest BCUT2D eigenvalue weighted by Crippen LogP contribution is 2.18. The van der Waals surface area contributed by atoms with E-state index in [9.17, 15) is 17.6 Å². The molecule has 0 spiro atoms. The van der Waals surface area contributed by atoms with Crippen molar-refractivity contribution in [2.45, 2.75) is 13.2 Å². The van der Waals surface area contributed by atoms with Crippen molar-refractivity contribution < 1.29 is 32.2 Å². The third-order valence-corrected chi connectivity index (χ3v) is 4.62. The molecule has 0 saturated heterocycles. The maximum absolute atomic E-state index is 13.5. The van der Waals surface area contributed by atoms with Crippen LogP contribution in [-0.4, -0.2) is 56.8 Å². The monoisotopic (exact) mass is 572 g/mol. The molecule has 0 aliphatic carbocycles. The highest BCUT2D eigenvalue weighted by molar-refractivity contribution is 5.59. The van der Waals surface area contributed by atoms with Crippen LogP contribution in [0, 0.1) is 23.3 Å². The Kier molecular flexibility index (Phi) is 11.4. The molecule has 2 heterocycles. The zero-order chi connectivity index (χ0) is 29.6. The molecule has 0 radical (unpaired) electrons. The first kappa shape index (κ1) is 30.4. The van der Waals surface area contributed by atoms with Crippen molar-refractivity contribution in [3.8, 4) is 12.0 Å². The molecule has 0 aliphatic heterocycles. The number of hydrogen-bond donors (Lipinski definition) is 2. The summed E-state index contributed by atoms with van der Waals surface area (Å²) in [6.45, 7) is 0.260. The lowest BCUT2D eigenvalue weighted by molar-refractivity contribution is 0.240. The number of hydrogen-bond acceptors (Lipinski definition) is 9. The van der Waals surface area contributed by atoms with Crippen molar-refractivity contribution >= 4 is 24.3 Å². The van der Waals surface area contributed by atoms with Crippen LogP contribution in [0.25, 0.3) is 0 Å². The first-order valence-electron chi connectivity index (χ1n) is 11.7. The Morgan fingerprint density at radius 2 is 1.20 bits per heavy atom. The van der Waals surface area contributed by atoms with Crippen LogP contribution in [0.3, 0.4) is 0 Å². The van der Waals surface area contributed by atoms with E-state index in [2.05, 4.69) is 29.9 Å². The molecule has 214 valence electrons. The van der Waals surface area contributed by atoms with Gasteiger partial charge in [-0.05, 0) is 35.4 Å². The quantitative estimate of drug-likeness (QED) is 0.122. The van der Waals surface area contributed by atoms with Crippen LogP contribution in [0.2, 0.25) is 0 Å². The Bertz CT molecular complexity index is 1460. The van der Waals surface area contributed by atoms with Gasteiger partial charge in [0.05, 0.1) is 18.7 Å². The average Bonchev–Trinajstić information content (AvgIpc) is 2.97. The standard InChI is InChI=1S/C14H14F2N4O.C12H10F2N4O2/c1-20(2)9-18-13-12(16)7-17-14(19-13)21-8-10-3-5-11(15)6-4-10;13-9-3-1-8(2-4-9)6-20-12-15-5-10(14)11(18-12)16-7-17-19/h3-7,9H,8H2,1-2H3;1-5,7,19H,6H2,(H,15,16,17,18). The van der Waals surface area contributed by atoms with Crippen LogP contribution in [-0.2, 0) is 13.2 Å². The molecule has 2 aromatic heterocycles. The van der Waals surface area contributed by atoms with Crippen molar-refractivity contribution in [3.63, 3.8) is 0 Å². The van der Waals surface area contributed by atoms with E-state index in [0.717, 1.165) is 24.3 Å². The molecule has 4 rings (SSSR count). The van der Waals surface area contributed by atoms with Crippen LogP contribution in [0.15, 0.2) is 70.9 Å². The van der Waals surface area contributed by atoms with Crippen molar-refractivity contribution in [1.82, 2.24) is 30.3 Å². The molecule has 0 atom stereocenters. The molecule has 2 N–H and O–H groups in total. The van der Waals surface area contributed by atoms with E-state index in [1.807, 2.05) is 0 Å². The lowest BCUT2D eigenvalue weighted by Crippen LogP contribution is -2.07. The van der Waals surface area contributed by atoms with Crippen LogP contribution in [0.4, 0.5) is 29.2 Å². The predicted octanol–water partition coefficient (Wildman–Crippen LogP) is 4.53. The SMILES string of the molecule is CN(C)C=Nc1nc(OCc2ccc(F)cc2)ncc1F.ONC=Nc1nc(OCc2ccc(F)cc2)ncc1F. The van der Waals surface area contributed by atoms with Gasteiger partial charge in [-0.3, -0.25) is 10.7 Å². The Balaban J connectivity index is 0.000000226. The fraction of sp³-hybridized carbons (Fsp3) is 0.154. The smallest absolute Gasteiger partial charge is 0.318 e. The van der Waals surface area contributed by atoms with E-state index in [1.54, 1.807) is 48.7 Å². The lowest BCUT2D eigenvalue weighted by Gasteiger charge is -2.06. The first-order chi connectivity index (χ1) is 19.7. The van der Waals surface area contributed by atoms with Crippen LogP contribution in [0.5, 0.6) is 12.0 Å². The zero-order valence-corrected chi connectivity index (χ0v) is 21.7. The minimum atomic E-state index is -0.759. The molecule has 0 unspecified atom stereocenters. The number of halogens is 4. The predicted molar refractivity (Wildman–Crippen MR) is 140 cm³/mol. The van der Waals surface area contributed by atoms with E-state index in [0.29, 0.717) is 5.56 Å². The van der Waals surface area contributed by atoms with E-state index < -0.39 is 11.6 Å². The Labute approximate surface area is 231 Å². The molecule has 0 saturated carbocycles. The number of nitrogens with one attached hydrogen (secondary N) is 1. The molecule has 0 aliphatic rings. The second-order valence-corrected chi connectivity index (χ2v) is 8.07. The fourth-order valence-corrected chi connectivity index (χ4v) is 2.72. The van der Waals surface area contributed by atoms with Gasteiger partial charge < -0.3 is 14.4 Å². The maximum Gasteiger partial charge on any atom is 0.318 e. The molecule has 0 amide bonds. The van der Waals surface area contributed by atoms with Gasteiger partial charge in [-0.2, -0.15) is 9.97 Å². The number of rotatable bonds is 10. The molecule has 4 aromatic rings. The summed E-state index contributed by atoms with van der Waals surface area (Å²) in [6.07, 6.45) is 4.18. The van der Waals surface area contributed by atoms with Crippen LogP contribution < -0.4 is 15.0 Å². The molecule has 0 fully saturated rings. The summed E-state index contributed by atoms with van der Waals surface area (Å²) in [7, 11) is 3.52. The number of aromatic nitrogens is 4. The number of benzene rings is 2. The van der Waals surface area contributed by atoms with Crippen molar-refractivity contribution in [3.05, 3.63) is 95.3 Å². The summed E-state index contributed by atoms with van der Waals surface area (Å²) < 4.78 is 62.8. The van der Waals surface area contributed by atoms with Crippen molar-refractivity contribution in [1.29, 1.82) is 0 Å². The van der Waals surface area contributed by atoms with E-state index in [1.165, 1.54) is 30.6 Å². The molecule has 0 bridgehead atoms. The Morgan fingerprint density at radius 3 is 1.61 bits per heavy atom. The molecule has 11 nitrogen and oxygen atoms in total. The largest absolute Gasteiger partial charge is 0.459 e. The Morgan fingerprint density at radius 1 is 0.756 bits per heavy atom. The number of hydroxylamine groups is 1. The summed E-state index contributed by atoms with van der Waals surface area (Å²) in [5.41, 5.74) is 3.09. The molecule has 15 heteroatoms. The van der Waals surface area contributed by atoms with Gasteiger partial charge in [0.15, 0.2) is 23.3 Å². The number of ether oxygens (including phenoxy) is 2. The van der Waals surface area contributed by atoms with Gasteiger partial charge in [-0.15, -0.1) is 0 Å². The topological polar surface area (TPSA) is 130 Å². The highest BCUT2D eigenvalue weighted by Gasteiger charge is 2.08. The minimum Gasteiger partial charge on any atom is -0.459 e. The molecule has 2 aromatic carbocycles. The molecular formula is C26H24F4N8O3. The summed E-state index contributed by atoms with van der Waals surface area (Å²) in [4.78, 5) is 24.0. The van der Waals surface area contributed by atoms with Crippen LogP contribution >= 0.6 is 0 Å². The van der Waals surface area contributed by atoms with Gasteiger partial charge in [-0.25, -0.2) is 37.5 Å². The zero-order valence-electron chi connectivity index (χ0n) is 21.7. The summed E-state index contributed by atoms with van der Waals surface area (Å²) in [5.74, 6) is -2.45. The minimum absolute atomic E-state index is 0.00614. The van der Waals surface area contributed by atoms with E-state index in [-0.39, 0.29) is 48.5 Å². The number of nitrogens with zero attached hydrogens (tertiary/aromatic N) is 7.